The van der Waals surface area contributed by atoms with Crippen molar-refractivity contribution in [3.63, 3.8) is 0 Å². The summed E-state index contributed by atoms with van der Waals surface area (Å²) in [4.78, 5) is 26.2. The molecular formula is C32H47N7O3S2. The van der Waals surface area contributed by atoms with Gasteiger partial charge in [0.2, 0.25) is 5.75 Å². The van der Waals surface area contributed by atoms with Gasteiger partial charge in [-0.2, -0.15) is 5.90 Å². The van der Waals surface area contributed by atoms with Crippen molar-refractivity contribution >= 4 is 50.6 Å². The molecule has 240 valence electrons. The monoisotopic (exact) mass is 641 g/mol. The number of hydrogen-bond acceptors (Lipinski definition) is 12. The number of rotatable bonds is 13. The molecule has 2 heterocycles. The van der Waals surface area contributed by atoms with Crippen LogP contribution >= 0.6 is 22.7 Å². The molecule has 44 heavy (non-hydrogen) atoms. The highest BCUT2D eigenvalue weighted by Crippen LogP contribution is 2.43. The summed E-state index contributed by atoms with van der Waals surface area (Å²) in [5, 5.41) is 11.7. The van der Waals surface area contributed by atoms with Crippen molar-refractivity contribution in [1.82, 2.24) is 15.0 Å². The Kier molecular flexibility index (Phi) is 15.1. The summed E-state index contributed by atoms with van der Waals surface area (Å²) in [6.45, 7) is 16.0. The maximum Gasteiger partial charge on any atom is 0.233 e. The number of benzene rings is 1. The number of nitrogens with two attached hydrogens (primary N) is 1. The number of allylic oxidation sites excluding steroid dienone is 5. The molecule has 12 heteroatoms. The highest BCUT2D eigenvalue weighted by molar-refractivity contribution is 7.23. The fraction of sp³-hybridized carbons (Fsp3) is 0.406. The van der Waals surface area contributed by atoms with Crippen LogP contribution < -0.4 is 30.9 Å². The van der Waals surface area contributed by atoms with Gasteiger partial charge in [-0.3, -0.25) is 4.99 Å². The van der Waals surface area contributed by atoms with E-state index in [-0.39, 0.29) is 5.75 Å². The zero-order chi connectivity index (χ0) is 32.8. The van der Waals surface area contributed by atoms with E-state index in [4.69, 9.17) is 35.3 Å². The van der Waals surface area contributed by atoms with Crippen molar-refractivity contribution in [3.05, 3.63) is 53.6 Å². The number of ether oxygens (including phenoxy) is 1. The van der Waals surface area contributed by atoms with E-state index in [1.165, 1.54) is 23.5 Å². The Morgan fingerprint density at radius 1 is 1.16 bits per heavy atom. The van der Waals surface area contributed by atoms with Crippen LogP contribution in [0.15, 0.2) is 52.9 Å². The molecule has 0 saturated heterocycles. The molecule has 0 atom stereocenters. The van der Waals surface area contributed by atoms with Gasteiger partial charge in [-0.15, -0.1) is 16.4 Å². The number of hydrogen-bond donors (Lipinski definition) is 3. The number of methoxy groups -OCH3 is 1. The zero-order valence-electron chi connectivity index (χ0n) is 27.6. The minimum Gasteiger partial charge on any atom is -0.493 e. The molecule has 0 amide bonds. The van der Waals surface area contributed by atoms with E-state index in [1.54, 1.807) is 37.6 Å². The van der Waals surface area contributed by atoms with Gasteiger partial charge in [0.05, 0.1) is 24.6 Å². The number of nitrogens with one attached hydrogen (secondary N) is 2. The second-order valence-electron chi connectivity index (χ2n) is 9.16. The van der Waals surface area contributed by atoms with Crippen molar-refractivity contribution in [2.45, 2.75) is 60.4 Å². The lowest BCUT2D eigenvalue weighted by atomic mass is 10.1. The molecule has 0 spiro atoms. The Hall–Kier alpha value is -3.71. The summed E-state index contributed by atoms with van der Waals surface area (Å²) >= 11 is 3.07. The van der Waals surface area contributed by atoms with Crippen LogP contribution in [0.1, 0.15) is 60.1 Å². The standard InChI is InChI=1S/C28H35N7O3S2.2C2H6/c1-8-17(9-2)20(31-18-10-11-18)12-16(3)21-15-39-27(33-21)25-26(30-4)34-28(40-25)32-19-13-22(36-7)24(37-29)23(14-19)38-35(5)6;2*1-2/h8-9,12-15,18,30H,1,10-11,29H2,2-7H3,(H,32,34);2*1-2H3/b16-12+,17-9+,31-20?;;. The van der Waals surface area contributed by atoms with E-state index in [9.17, 15) is 0 Å². The van der Waals surface area contributed by atoms with Crippen LogP contribution in [0.4, 0.5) is 16.6 Å². The molecule has 0 aliphatic heterocycles. The zero-order valence-corrected chi connectivity index (χ0v) is 29.2. The Labute approximate surface area is 270 Å². The molecule has 2 aromatic heterocycles. The second-order valence-corrected chi connectivity index (χ2v) is 11.0. The topological polar surface area (TPSA) is 119 Å². The van der Waals surface area contributed by atoms with Gasteiger partial charge in [0.25, 0.3) is 0 Å². The van der Waals surface area contributed by atoms with Crippen LogP contribution in [0.2, 0.25) is 0 Å². The van der Waals surface area contributed by atoms with Gasteiger partial charge in [-0.05, 0) is 43.9 Å². The minimum atomic E-state index is 0.288. The molecule has 4 rings (SSSR count). The van der Waals surface area contributed by atoms with Crippen molar-refractivity contribution in [1.29, 1.82) is 0 Å². The second kappa shape index (κ2) is 18.2. The van der Waals surface area contributed by atoms with Crippen molar-refractivity contribution in [3.8, 4) is 27.1 Å². The number of nitrogens with zero attached hydrogens (tertiary/aromatic N) is 4. The van der Waals surface area contributed by atoms with Gasteiger partial charge in [-0.1, -0.05) is 57.8 Å². The third-order valence-corrected chi connectivity index (χ3v) is 7.87. The number of anilines is 3. The Bertz CT molecular complexity index is 1450. The lowest BCUT2D eigenvalue weighted by Crippen LogP contribution is -2.18. The Morgan fingerprint density at radius 2 is 1.84 bits per heavy atom. The van der Waals surface area contributed by atoms with E-state index < -0.39 is 0 Å². The van der Waals surface area contributed by atoms with Crippen LogP contribution in [-0.2, 0) is 0 Å². The first-order valence-electron chi connectivity index (χ1n) is 14.7. The third kappa shape index (κ3) is 9.65. The van der Waals surface area contributed by atoms with E-state index in [0.717, 1.165) is 51.1 Å². The lowest BCUT2D eigenvalue weighted by Gasteiger charge is -2.17. The van der Waals surface area contributed by atoms with Gasteiger partial charge in [0.15, 0.2) is 16.6 Å². The normalized spacial score (nSPS) is 13.3. The van der Waals surface area contributed by atoms with Gasteiger partial charge >= 0.3 is 0 Å². The molecule has 0 unspecified atom stereocenters. The quantitative estimate of drug-likeness (QED) is 0.0961. The fourth-order valence-corrected chi connectivity index (χ4v) is 5.76. The number of thiazole rings is 2. The van der Waals surface area contributed by atoms with Crippen molar-refractivity contribution in [2.24, 2.45) is 10.9 Å². The smallest absolute Gasteiger partial charge is 0.233 e. The van der Waals surface area contributed by atoms with E-state index >= 15 is 0 Å². The fourth-order valence-electron chi connectivity index (χ4n) is 3.80. The summed E-state index contributed by atoms with van der Waals surface area (Å²) in [7, 11) is 6.90. The molecule has 0 bridgehead atoms. The number of aromatic nitrogens is 2. The minimum absolute atomic E-state index is 0.288. The molecule has 0 radical (unpaired) electrons. The molecule has 3 aromatic rings. The van der Waals surface area contributed by atoms with Crippen molar-refractivity contribution < 1.29 is 14.4 Å². The highest BCUT2D eigenvalue weighted by Gasteiger charge is 2.22. The third-order valence-electron chi connectivity index (χ3n) is 5.91. The summed E-state index contributed by atoms with van der Waals surface area (Å²) in [6.07, 6.45) is 8.27. The van der Waals surface area contributed by atoms with Crippen LogP contribution in [0.25, 0.3) is 15.5 Å². The Balaban J connectivity index is 0.00000162. The first-order valence-corrected chi connectivity index (χ1v) is 16.4. The van der Waals surface area contributed by atoms with Crippen LogP contribution in [0.5, 0.6) is 17.2 Å². The van der Waals surface area contributed by atoms with Gasteiger partial charge in [0, 0.05) is 44.3 Å². The summed E-state index contributed by atoms with van der Waals surface area (Å²) in [5.74, 6) is 7.31. The molecule has 4 N–H and O–H groups in total. The van der Waals surface area contributed by atoms with Gasteiger partial charge in [-0.25, -0.2) is 9.97 Å². The van der Waals surface area contributed by atoms with E-state index in [0.29, 0.717) is 28.4 Å². The predicted molar refractivity (Wildman–Crippen MR) is 189 cm³/mol. The summed E-state index contributed by atoms with van der Waals surface area (Å²) in [6, 6.07) is 3.94. The molecule has 1 aliphatic carbocycles. The van der Waals surface area contributed by atoms with E-state index in [1.807, 2.05) is 53.8 Å². The first kappa shape index (κ1) is 36.5. The van der Waals surface area contributed by atoms with Crippen LogP contribution in [-0.4, -0.2) is 55.0 Å². The van der Waals surface area contributed by atoms with Gasteiger partial charge < -0.3 is 25.0 Å². The number of hydroxylamine groups is 2. The van der Waals surface area contributed by atoms with E-state index in [2.05, 4.69) is 35.6 Å². The maximum absolute atomic E-state index is 5.73. The average molecular weight is 642 g/mol. The molecule has 1 fully saturated rings. The lowest BCUT2D eigenvalue weighted by molar-refractivity contribution is -0.00671. The predicted octanol–water partition coefficient (Wildman–Crippen LogP) is 8.36. The Morgan fingerprint density at radius 3 is 2.39 bits per heavy atom. The average Bonchev–Trinajstić information content (AvgIpc) is 3.54. The van der Waals surface area contributed by atoms with Crippen molar-refractivity contribution in [2.75, 3.05) is 38.9 Å². The SMILES string of the molecule is C=C/C(=C\C)C(/C=C(\C)c1csc(-c2sc(Nc3cc(OC)c(ON)c(ON(C)C)c3)nc2NC)n1)=NC1CC1.CC.CC. The molecule has 10 nitrogen and oxygen atoms in total. The summed E-state index contributed by atoms with van der Waals surface area (Å²) < 4.78 is 5.46. The van der Waals surface area contributed by atoms with Crippen LogP contribution in [0, 0.1) is 0 Å². The maximum atomic E-state index is 5.73. The number of aliphatic imine (C=N–C) groups is 1. The first-order chi connectivity index (χ1) is 21.3. The van der Waals surface area contributed by atoms with Gasteiger partial charge in [0.1, 0.15) is 15.7 Å². The molecular weight excluding hydrogens is 595 g/mol. The molecule has 1 aromatic carbocycles. The van der Waals surface area contributed by atoms with Crippen LogP contribution in [0.3, 0.4) is 0 Å². The largest absolute Gasteiger partial charge is 0.493 e. The summed E-state index contributed by atoms with van der Waals surface area (Å²) in [5.41, 5.74) is 4.62. The molecule has 1 aliphatic rings. The molecule has 1 saturated carbocycles. The highest BCUT2D eigenvalue weighted by atomic mass is 32.1.